The molecule has 4 nitrogen and oxygen atoms in total. The van der Waals surface area contributed by atoms with Crippen molar-refractivity contribution in [1.29, 1.82) is 0 Å². The van der Waals surface area contributed by atoms with Crippen LogP contribution < -0.4 is 0 Å². The number of carbonyl (C=O) groups excluding carboxylic acids is 2. The molecule has 0 radical (unpaired) electrons. The summed E-state index contributed by atoms with van der Waals surface area (Å²) in [4.78, 5) is 23.4. The van der Waals surface area contributed by atoms with E-state index < -0.39 is 0 Å². The number of carbonyl (C=O) groups is 2. The van der Waals surface area contributed by atoms with Gasteiger partial charge in [0.25, 0.3) is 0 Å². The van der Waals surface area contributed by atoms with E-state index in [1.165, 1.54) is 51.4 Å². The Bertz CT molecular complexity index is 328. The normalized spacial score (nSPS) is 12.0. The number of hydrogen-bond acceptors (Lipinski definition) is 4. The van der Waals surface area contributed by atoms with Gasteiger partial charge in [0, 0.05) is 12.8 Å². The van der Waals surface area contributed by atoms with E-state index in [0.717, 1.165) is 25.7 Å². The van der Waals surface area contributed by atoms with Crippen LogP contribution in [-0.4, -0.2) is 24.6 Å². The third kappa shape index (κ3) is 17.6. The Balaban J connectivity index is 3.52. The Morgan fingerprint density at radius 1 is 0.680 bits per heavy atom. The van der Waals surface area contributed by atoms with Gasteiger partial charge in [-0.05, 0) is 19.8 Å². The second-order valence-electron chi connectivity index (χ2n) is 7.02. The summed E-state index contributed by atoms with van der Waals surface area (Å²) in [6, 6.07) is 0. The van der Waals surface area contributed by atoms with E-state index in [-0.39, 0.29) is 24.6 Å². The largest absolute Gasteiger partial charge is 0.462 e. The summed E-state index contributed by atoms with van der Waals surface area (Å²) in [5.41, 5.74) is 0. The van der Waals surface area contributed by atoms with Crippen molar-refractivity contribution in [1.82, 2.24) is 0 Å². The molecule has 0 rings (SSSR count). The molecule has 0 aliphatic carbocycles. The molecule has 0 fully saturated rings. The quantitative estimate of drug-likeness (QED) is 0.238. The summed E-state index contributed by atoms with van der Waals surface area (Å²) >= 11 is 0. The van der Waals surface area contributed by atoms with Crippen LogP contribution in [0.5, 0.6) is 0 Å². The molecule has 0 saturated carbocycles. The van der Waals surface area contributed by atoms with E-state index in [0.29, 0.717) is 12.8 Å². The second-order valence-corrected chi connectivity index (χ2v) is 7.02. The molecule has 0 N–H and O–H groups in total. The first-order chi connectivity index (χ1) is 12.1. The lowest BCUT2D eigenvalue weighted by Crippen LogP contribution is -2.22. The number of rotatable bonds is 17. The van der Waals surface area contributed by atoms with Gasteiger partial charge in [0.05, 0.1) is 0 Å². The van der Waals surface area contributed by atoms with Crippen molar-refractivity contribution in [3.8, 4) is 0 Å². The fourth-order valence-electron chi connectivity index (χ4n) is 2.70. The summed E-state index contributed by atoms with van der Waals surface area (Å²) in [5, 5.41) is 0. The van der Waals surface area contributed by atoms with E-state index in [1.807, 2.05) is 0 Å². The molecule has 0 aliphatic heterocycles. The maximum absolute atomic E-state index is 11.7. The van der Waals surface area contributed by atoms with Crippen LogP contribution in [0.4, 0.5) is 0 Å². The van der Waals surface area contributed by atoms with Gasteiger partial charge in [0.1, 0.15) is 12.7 Å². The Labute approximate surface area is 155 Å². The fraction of sp³-hybridized carbons (Fsp3) is 0.905. The minimum atomic E-state index is -0.360. The molecular weight excluding hydrogens is 316 g/mol. The zero-order valence-electron chi connectivity index (χ0n) is 16.8. The lowest BCUT2D eigenvalue weighted by molar-refractivity contribution is -0.158. The molecule has 0 heterocycles. The van der Waals surface area contributed by atoms with Crippen LogP contribution in [0.1, 0.15) is 111 Å². The highest BCUT2D eigenvalue weighted by Crippen LogP contribution is 2.09. The zero-order valence-corrected chi connectivity index (χ0v) is 16.8. The van der Waals surface area contributed by atoms with E-state index in [1.54, 1.807) is 6.92 Å². The third-order valence-electron chi connectivity index (χ3n) is 4.28. The van der Waals surface area contributed by atoms with Gasteiger partial charge < -0.3 is 9.47 Å². The van der Waals surface area contributed by atoms with Crippen molar-refractivity contribution in [3.05, 3.63) is 0 Å². The summed E-state index contributed by atoms with van der Waals surface area (Å²) in [6.45, 7) is 6.33. The van der Waals surface area contributed by atoms with Gasteiger partial charge in [0.15, 0.2) is 0 Å². The predicted octanol–water partition coefficient (Wildman–Crippen LogP) is 5.96. The van der Waals surface area contributed by atoms with Gasteiger partial charge in [0.2, 0.25) is 0 Å². The Morgan fingerprint density at radius 2 is 1.12 bits per heavy atom. The van der Waals surface area contributed by atoms with Crippen molar-refractivity contribution in [2.24, 2.45) is 0 Å². The van der Waals surface area contributed by atoms with E-state index in [4.69, 9.17) is 9.47 Å². The van der Waals surface area contributed by atoms with Gasteiger partial charge in [-0.1, -0.05) is 78.1 Å². The topological polar surface area (TPSA) is 52.6 Å². The molecule has 0 aromatic rings. The van der Waals surface area contributed by atoms with E-state index in [9.17, 15) is 9.59 Å². The van der Waals surface area contributed by atoms with Crippen LogP contribution in [0, 0.1) is 0 Å². The first kappa shape index (κ1) is 23.9. The average Bonchev–Trinajstić information content (AvgIpc) is 2.59. The van der Waals surface area contributed by atoms with Gasteiger partial charge in [-0.15, -0.1) is 0 Å². The molecule has 0 aromatic heterocycles. The lowest BCUT2D eigenvalue weighted by atomic mass is 10.1. The van der Waals surface area contributed by atoms with Gasteiger partial charge in [-0.2, -0.15) is 0 Å². The van der Waals surface area contributed by atoms with Crippen molar-refractivity contribution in [2.75, 3.05) is 6.61 Å². The first-order valence-corrected chi connectivity index (χ1v) is 10.4. The molecule has 0 aromatic carbocycles. The number of esters is 2. The van der Waals surface area contributed by atoms with Crippen molar-refractivity contribution >= 4 is 11.9 Å². The number of unbranched alkanes of at least 4 members (excludes halogenated alkanes) is 10. The maximum Gasteiger partial charge on any atom is 0.306 e. The summed E-state index contributed by atoms with van der Waals surface area (Å²) in [7, 11) is 0. The minimum Gasteiger partial charge on any atom is -0.462 e. The molecule has 4 heteroatoms. The minimum absolute atomic E-state index is 0.164. The molecule has 0 saturated heterocycles. The molecule has 25 heavy (non-hydrogen) atoms. The third-order valence-corrected chi connectivity index (χ3v) is 4.28. The number of ether oxygens (including phenoxy) is 2. The molecule has 0 bridgehead atoms. The summed E-state index contributed by atoms with van der Waals surface area (Å²) in [5.74, 6) is -0.371. The van der Waals surface area contributed by atoms with Crippen LogP contribution in [-0.2, 0) is 19.1 Å². The lowest BCUT2D eigenvalue weighted by Gasteiger charge is -2.13. The molecule has 0 unspecified atom stereocenters. The zero-order chi connectivity index (χ0) is 18.8. The molecular formula is C21H40O4. The predicted molar refractivity (Wildman–Crippen MR) is 102 cm³/mol. The summed E-state index contributed by atoms with van der Waals surface area (Å²) in [6.07, 6.45) is 14.4. The molecule has 1 atom stereocenters. The molecule has 0 amide bonds. The smallest absolute Gasteiger partial charge is 0.306 e. The van der Waals surface area contributed by atoms with Crippen molar-refractivity contribution < 1.29 is 19.1 Å². The van der Waals surface area contributed by atoms with Crippen LogP contribution in [0.15, 0.2) is 0 Å². The maximum atomic E-state index is 11.7. The van der Waals surface area contributed by atoms with Gasteiger partial charge in [-0.3, -0.25) is 9.59 Å². The van der Waals surface area contributed by atoms with Crippen molar-refractivity contribution in [2.45, 2.75) is 117 Å². The molecule has 0 spiro atoms. The Morgan fingerprint density at radius 3 is 1.64 bits per heavy atom. The van der Waals surface area contributed by atoms with E-state index in [2.05, 4.69) is 13.8 Å². The Kier molecular flexibility index (Phi) is 17.0. The fourth-order valence-corrected chi connectivity index (χ4v) is 2.70. The van der Waals surface area contributed by atoms with Gasteiger partial charge >= 0.3 is 11.9 Å². The van der Waals surface area contributed by atoms with Gasteiger partial charge in [-0.25, -0.2) is 0 Å². The monoisotopic (exact) mass is 356 g/mol. The SMILES string of the molecule is CCCCCCCCC(=O)OC[C@H](C)OC(=O)CCCCCCCC. The van der Waals surface area contributed by atoms with E-state index >= 15 is 0 Å². The molecule has 148 valence electrons. The highest BCUT2D eigenvalue weighted by atomic mass is 16.6. The Hall–Kier alpha value is -1.06. The van der Waals surface area contributed by atoms with Crippen LogP contribution in [0.3, 0.4) is 0 Å². The standard InChI is InChI=1S/C21H40O4/c1-4-6-8-10-12-14-16-20(22)24-18-19(3)25-21(23)17-15-13-11-9-7-5-2/h19H,4-18H2,1-3H3/t19-/m0/s1. The highest BCUT2D eigenvalue weighted by Gasteiger charge is 2.12. The van der Waals surface area contributed by atoms with Crippen LogP contribution in [0.25, 0.3) is 0 Å². The van der Waals surface area contributed by atoms with Crippen LogP contribution in [0.2, 0.25) is 0 Å². The summed E-state index contributed by atoms with van der Waals surface area (Å²) < 4.78 is 10.5. The first-order valence-electron chi connectivity index (χ1n) is 10.4. The van der Waals surface area contributed by atoms with Crippen LogP contribution >= 0.6 is 0 Å². The number of hydrogen-bond donors (Lipinski definition) is 0. The molecule has 0 aliphatic rings. The van der Waals surface area contributed by atoms with Crippen molar-refractivity contribution in [3.63, 3.8) is 0 Å². The average molecular weight is 357 g/mol. The highest BCUT2D eigenvalue weighted by molar-refractivity contribution is 5.70. The second kappa shape index (κ2) is 17.8.